The number of hydrogen-bond acceptors (Lipinski definition) is 5. The Bertz CT molecular complexity index is 1070. The quantitative estimate of drug-likeness (QED) is 0.581. The lowest BCUT2D eigenvalue weighted by Gasteiger charge is -2.58. The smallest absolute Gasteiger partial charge is 0.407 e. The first-order chi connectivity index (χ1) is 15.8. The standard InChI is InChI=1S/C24H30FN3O4S/c1-18(11-12-26-23(29)32-15-19-7-3-2-4-8-19)27-20-13-24(14-20)16-28(17-24)33(30,31)22-10-6-5-9-21(22)25/h2-10,18,20,27H,11-17H2,1H3,(H,26,29). The summed E-state index contributed by atoms with van der Waals surface area (Å²) in [5, 5.41) is 6.31. The van der Waals surface area contributed by atoms with Crippen LogP contribution in [0.15, 0.2) is 59.5 Å². The second-order valence-corrected chi connectivity index (χ2v) is 11.1. The number of nitrogens with one attached hydrogen (secondary N) is 2. The van der Waals surface area contributed by atoms with Crippen LogP contribution in [0.5, 0.6) is 0 Å². The van der Waals surface area contributed by atoms with Crippen molar-refractivity contribution in [3.63, 3.8) is 0 Å². The van der Waals surface area contributed by atoms with Crippen molar-refractivity contribution < 1.29 is 22.3 Å². The molecule has 1 spiro atoms. The first-order valence-electron chi connectivity index (χ1n) is 11.2. The van der Waals surface area contributed by atoms with Crippen LogP contribution in [0, 0.1) is 11.2 Å². The Morgan fingerprint density at radius 3 is 2.52 bits per heavy atom. The Balaban J connectivity index is 1.12. The fraction of sp³-hybridized carbons (Fsp3) is 0.458. The topological polar surface area (TPSA) is 87.7 Å². The number of halogens is 1. The molecule has 2 aliphatic rings. The summed E-state index contributed by atoms with van der Waals surface area (Å²) >= 11 is 0. The number of ether oxygens (including phenoxy) is 1. The SMILES string of the molecule is CC(CCNC(=O)OCc1ccccc1)NC1CC2(C1)CN(S(=O)(=O)c1ccccc1F)C2. The van der Waals surface area contributed by atoms with Gasteiger partial charge in [-0.1, -0.05) is 42.5 Å². The number of carbonyl (C=O) groups is 1. The molecule has 1 amide bonds. The largest absolute Gasteiger partial charge is 0.445 e. The third kappa shape index (κ3) is 5.54. The van der Waals surface area contributed by atoms with Gasteiger partial charge < -0.3 is 15.4 Å². The van der Waals surface area contributed by atoms with Gasteiger partial charge in [0.1, 0.15) is 17.3 Å². The second-order valence-electron chi connectivity index (χ2n) is 9.15. The molecule has 2 fully saturated rings. The van der Waals surface area contributed by atoms with Crippen LogP contribution in [-0.4, -0.2) is 50.5 Å². The van der Waals surface area contributed by atoms with E-state index in [2.05, 4.69) is 17.6 Å². The molecule has 0 aromatic heterocycles. The number of hydrogen-bond donors (Lipinski definition) is 2. The van der Waals surface area contributed by atoms with E-state index in [0.29, 0.717) is 25.7 Å². The summed E-state index contributed by atoms with van der Waals surface area (Å²) < 4.78 is 45.8. The van der Waals surface area contributed by atoms with E-state index in [4.69, 9.17) is 4.74 Å². The zero-order valence-electron chi connectivity index (χ0n) is 18.7. The number of nitrogens with zero attached hydrogens (tertiary/aromatic N) is 1. The van der Waals surface area contributed by atoms with Crippen LogP contribution in [-0.2, 0) is 21.4 Å². The summed E-state index contributed by atoms with van der Waals surface area (Å²) in [7, 11) is -3.78. The van der Waals surface area contributed by atoms with E-state index in [1.807, 2.05) is 30.3 Å². The molecule has 2 aromatic rings. The van der Waals surface area contributed by atoms with Crippen LogP contribution in [0.2, 0.25) is 0 Å². The molecule has 4 rings (SSSR count). The zero-order valence-corrected chi connectivity index (χ0v) is 19.5. The van der Waals surface area contributed by atoms with Crippen LogP contribution < -0.4 is 10.6 Å². The molecule has 178 valence electrons. The zero-order chi connectivity index (χ0) is 23.5. The molecule has 1 saturated heterocycles. The van der Waals surface area contributed by atoms with Crippen molar-refractivity contribution in [2.24, 2.45) is 5.41 Å². The molecule has 2 N–H and O–H groups in total. The molecule has 1 saturated carbocycles. The summed E-state index contributed by atoms with van der Waals surface area (Å²) in [6.45, 7) is 3.69. The first-order valence-corrected chi connectivity index (χ1v) is 12.7. The molecule has 1 heterocycles. The van der Waals surface area contributed by atoms with E-state index in [1.54, 1.807) is 0 Å². The van der Waals surface area contributed by atoms with Gasteiger partial charge in [-0.3, -0.25) is 0 Å². The van der Waals surface area contributed by atoms with E-state index in [0.717, 1.165) is 24.8 Å². The van der Waals surface area contributed by atoms with Crippen LogP contribution in [0.1, 0.15) is 31.7 Å². The minimum atomic E-state index is -3.78. The van der Waals surface area contributed by atoms with Gasteiger partial charge in [0.25, 0.3) is 0 Å². The number of rotatable bonds is 9. The van der Waals surface area contributed by atoms with Gasteiger partial charge in [-0.05, 0) is 43.9 Å². The highest BCUT2D eigenvalue weighted by Gasteiger charge is 2.55. The number of benzene rings is 2. The van der Waals surface area contributed by atoms with Gasteiger partial charge in [0, 0.05) is 37.1 Å². The highest BCUT2D eigenvalue weighted by atomic mass is 32.2. The molecule has 0 bridgehead atoms. The maximum Gasteiger partial charge on any atom is 0.407 e. The van der Waals surface area contributed by atoms with Crippen molar-refractivity contribution in [3.8, 4) is 0 Å². The van der Waals surface area contributed by atoms with Gasteiger partial charge in [-0.2, -0.15) is 4.31 Å². The minimum Gasteiger partial charge on any atom is -0.445 e. The maximum absolute atomic E-state index is 13.9. The number of amides is 1. The Labute approximate surface area is 194 Å². The van der Waals surface area contributed by atoms with Crippen molar-refractivity contribution >= 4 is 16.1 Å². The molecule has 1 unspecified atom stereocenters. The van der Waals surface area contributed by atoms with E-state index >= 15 is 0 Å². The number of carbonyl (C=O) groups excluding carboxylic acids is 1. The maximum atomic E-state index is 13.9. The van der Waals surface area contributed by atoms with Crippen molar-refractivity contribution in [2.45, 2.75) is 49.8 Å². The predicted octanol–water partition coefficient (Wildman–Crippen LogP) is 3.27. The molecule has 1 aliphatic carbocycles. The molecule has 9 heteroatoms. The summed E-state index contributed by atoms with van der Waals surface area (Å²) in [5.41, 5.74) is 0.938. The molecule has 2 aromatic carbocycles. The molecular weight excluding hydrogens is 445 g/mol. The normalized spacial score (nSPS) is 18.8. The summed E-state index contributed by atoms with van der Waals surface area (Å²) in [6, 6.07) is 15.6. The van der Waals surface area contributed by atoms with Crippen molar-refractivity contribution in [1.29, 1.82) is 0 Å². The lowest BCUT2D eigenvalue weighted by Crippen LogP contribution is -2.67. The van der Waals surface area contributed by atoms with Gasteiger partial charge in [-0.15, -0.1) is 0 Å². The van der Waals surface area contributed by atoms with Gasteiger partial charge in [0.15, 0.2) is 0 Å². The molecule has 33 heavy (non-hydrogen) atoms. The third-order valence-electron chi connectivity index (χ3n) is 6.42. The molecule has 7 nitrogen and oxygen atoms in total. The number of sulfonamides is 1. The number of alkyl carbamates (subject to hydrolysis) is 1. The Hall–Kier alpha value is -2.49. The monoisotopic (exact) mass is 475 g/mol. The van der Waals surface area contributed by atoms with Crippen LogP contribution in [0.4, 0.5) is 9.18 Å². The van der Waals surface area contributed by atoms with Crippen LogP contribution in [0.25, 0.3) is 0 Å². The van der Waals surface area contributed by atoms with Crippen molar-refractivity contribution in [3.05, 3.63) is 66.0 Å². The van der Waals surface area contributed by atoms with Gasteiger partial charge in [-0.25, -0.2) is 17.6 Å². The summed E-state index contributed by atoms with van der Waals surface area (Å²) in [6.07, 6.45) is 2.12. The molecule has 1 atom stereocenters. The molecular formula is C24H30FN3O4S. The Kier molecular flexibility index (Phi) is 7.02. The van der Waals surface area contributed by atoms with Gasteiger partial charge >= 0.3 is 6.09 Å². The average Bonchev–Trinajstić information content (AvgIpc) is 2.73. The highest BCUT2D eigenvalue weighted by Crippen LogP contribution is 2.50. The second kappa shape index (κ2) is 9.79. The van der Waals surface area contributed by atoms with Gasteiger partial charge in [0.05, 0.1) is 0 Å². The Morgan fingerprint density at radius 1 is 1.15 bits per heavy atom. The molecule has 0 radical (unpaired) electrons. The van der Waals surface area contributed by atoms with E-state index < -0.39 is 21.9 Å². The highest BCUT2D eigenvalue weighted by molar-refractivity contribution is 7.89. The van der Waals surface area contributed by atoms with E-state index in [9.17, 15) is 17.6 Å². The average molecular weight is 476 g/mol. The van der Waals surface area contributed by atoms with Crippen LogP contribution >= 0.6 is 0 Å². The lowest BCUT2D eigenvalue weighted by molar-refractivity contribution is -0.0365. The first kappa shape index (κ1) is 23.7. The Morgan fingerprint density at radius 2 is 1.82 bits per heavy atom. The van der Waals surface area contributed by atoms with E-state index in [-0.39, 0.29) is 23.0 Å². The fourth-order valence-electron chi connectivity index (χ4n) is 4.68. The van der Waals surface area contributed by atoms with Crippen molar-refractivity contribution in [2.75, 3.05) is 19.6 Å². The van der Waals surface area contributed by atoms with Crippen molar-refractivity contribution in [1.82, 2.24) is 14.9 Å². The lowest BCUT2D eigenvalue weighted by atomic mass is 9.61. The summed E-state index contributed by atoms with van der Waals surface area (Å²) in [5.74, 6) is -0.710. The minimum absolute atomic E-state index is 0.00475. The predicted molar refractivity (Wildman–Crippen MR) is 122 cm³/mol. The van der Waals surface area contributed by atoms with Crippen LogP contribution in [0.3, 0.4) is 0 Å². The third-order valence-corrected chi connectivity index (χ3v) is 8.24. The fourth-order valence-corrected chi connectivity index (χ4v) is 6.41. The van der Waals surface area contributed by atoms with Gasteiger partial charge in [0.2, 0.25) is 10.0 Å². The van der Waals surface area contributed by atoms with E-state index in [1.165, 1.54) is 28.6 Å². The summed E-state index contributed by atoms with van der Waals surface area (Å²) in [4.78, 5) is 11.6. The molecule has 1 aliphatic heterocycles.